The molecular weight excluding hydrogens is 264 g/mol. The maximum atomic E-state index is 12.1. The first-order valence-electron chi connectivity index (χ1n) is 6.50. The lowest BCUT2D eigenvalue weighted by molar-refractivity contribution is 0.259. The van der Waals surface area contributed by atoms with Gasteiger partial charge in [-0.2, -0.15) is 5.26 Å². The van der Waals surface area contributed by atoms with Crippen LogP contribution in [0.15, 0.2) is 5.16 Å². The Labute approximate surface area is 113 Å². The first kappa shape index (κ1) is 14.0. The maximum absolute atomic E-state index is 12.1. The van der Waals surface area contributed by atoms with Gasteiger partial charge in [0.2, 0.25) is 9.84 Å². The molecule has 1 aliphatic carbocycles. The van der Waals surface area contributed by atoms with Crippen LogP contribution in [-0.4, -0.2) is 29.4 Å². The fourth-order valence-electron chi connectivity index (χ4n) is 2.53. The fraction of sp³-hybridized carbons (Fsp3) is 0.750. The number of hydrogen-bond donors (Lipinski definition) is 1. The largest absolute Gasteiger partial charge is 0.266 e. The molecule has 0 bridgehead atoms. The molecule has 1 saturated carbocycles. The molecule has 0 aliphatic heterocycles. The number of sulfone groups is 1. The molecule has 0 atom stereocenters. The predicted octanol–water partition coefficient (Wildman–Crippen LogP) is 1.75. The standard InChI is InChI=1S/C12H18N4O2S/c1-10-14-11(16-15-10)19(17,18)8-7-12(9-13)5-3-2-4-6-12/h2-8H2,1H3,(H,14,15,16). The van der Waals surface area contributed by atoms with Crippen molar-refractivity contribution in [1.82, 2.24) is 15.2 Å². The summed E-state index contributed by atoms with van der Waals surface area (Å²) in [6.07, 6.45) is 5.12. The van der Waals surface area contributed by atoms with E-state index in [1.165, 1.54) is 0 Å². The van der Waals surface area contributed by atoms with Crippen LogP contribution >= 0.6 is 0 Å². The van der Waals surface area contributed by atoms with E-state index < -0.39 is 15.3 Å². The Morgan fingerprint density at radius 1 is 1.37 bits per heavy atom. The second kappa shape index (κ2) is 5.29. The van der Waals surface area contributed by atoms with Crippen molar-refractivity contribution in [3.05, 3.63) is 5.82 Å². The van der Waals surface area contributed by atoms with E-state index >= 15 is 0 Å². The summed E-state index contributed by atoms with van der Waals surface area (Å²) >= 11 is 0. The maximum Gasteiger partial charge on any atom is 0.266 e. The summed E-state index contributed by atoms with van der Waals surface area (Å²) in [5, 5.41) is 15.4. The van der Waals surface area contributed by atoms with E-state index in [0.717, 1.165) is 32.1 Å². The van der Waals surface area contributed by atoms with Crippen LogP contribution in [0.1, 0.15) is 44.3 Å². The van der Waals surface area contributed by atoms with Crippen molar-refractivity contribution in [1.29, 1.82) is 5.26 Å². The van der Waals surface area contributed by atoms with E-state index in [9.17, 15) is 13.7 Å². The van der Waals surface area contributed by atoms with Crippen LogP contribution in [0.4, 0.5) is 0 Å². The number of aryl methyl sites for hydroxylation is 1. The molecule has 0 saturated heterocycles. The second-order valence-electron chi connectivity index (χ2n) is 5.23. The van der Waals surface area contributed by atoms with E-state index in [-0.39, 0.29) is 10.9 Å². The molecule has 2 rings (SSSR count). The first-order chi connectivity index (χ1) is 8.97. The summed E-state index contributed by atoms with van der Waals surface area (Å²) in [5.41, 5.74) is -0.476. The van der Waals surface area contributed by atoms with Crippen LogP contribution in [0.2, 0.25) is 0 Å². The molecule has 0 spiro atoms. The normalized spacial score (nSPS) is 18.9. The van der Waals surface area contributed by atoms with Crippen molar-refractivity contribution in [3.63, 3.8) is 0 Å². The number of nitrogens with zero attached hydrogens (tertiary/aromatic N) is 3. The molecule has 104 valence electrons. The highest BCUT2D eigenvalue weighted by atomic mass is 32.2. The van der Waals surface area contributed by atoms with Gasteiger partial charge in [-0.15, -0.1) is 5.10 Å². The van der Waals surface area contributed by atoms with Crippen molar-refractivity contribution in [2.45, 2.75) is 50.6 Å². The summed E-state index contributed by atoms with van der Waals surface area (Å²) in [6.45, 7) is 1.66. The van der Waals surface area contributed by atoms with Crippen LogP contribution < -0.4 is 0 Å². The van der Waals surface area contributed by atoms with Gasteiger partial charge in [0.25, 0.3) is 5.16 Å². The van der Waals surface area contributed by atoms with Crippen LogP contribution in [0.5, 0.6) is 0 Å². The van der Waals surface area contributed by atoms with Gasteiger partial charge in [0.1, 0.15) is 5.82 Å². The number of hydrogen-bond acceptors (Lipinski definition) is 5. The Balaban J connectivity index is 2.07. The zero-order valence-corrected chi connectivity index (χ0v) is 11.8. The quantitative estimate of drug-likeness (QED) is 0.906. The summed E-state index contributed by atoms with van der Waals surface area (Å²) < 4.78 is 24.2. The third-order valence-electron chi connectivity index (χ3n) is 3.75. The summed E-state index contributed by atoms with van der Waals surface area (Å²) in [4.78, 5) is 3.86. The molecule has 1 aromatic rings. The van der Waals surface area contributed by atoms with E-state index in [1.54, 1.807) is 6.92 Å². The van der Waals surface area contributed by atoms with Gasteiger partial charge in [-0.1, -0.05) is 19.3 Å². The lowest BCUT2D eigenvalue weighted by Crippen LogP contribution is -2.25. The van der Waals surface area contributed by atoms with Gasteiger partial charge in [-0.05, 0) is 26.2 Å². The highest BCUT2D eigenvalue weighted by Crippen LogP contribution is 2.39. The van der Waals surface area contributed by atoms with Crippen molar-refractivity contribution in [2.24, 2.45) is 5.41 Å². The zero-order chi connectivity index (χ0) is 13.9. The van der Waals surface area contributed by atoms with Gasteiger partial charge in [0, 0.05) is 0 Å². The van der Waals surface area contributed by atoms with Crippen molar-refractivity contribution < 1.29 is 8.42 Å². The second-order valence-corrected chi connectivity index (χ2v) is 7.23. The van der Waals surface area contributed by atoms with Crippen LogP contribution in [0.3, 0.4) is 0 Å². The Morgan fingerprint density at radius 2 is 2.05 bits per heavy atom. The van der Waals surface area contributed by atoms with E-state index in [0.29, 0.717) is 12.2 Å². The molecule has 0 amide bonds. The van der Waals surface area contributed by atoms with Crippen LogP contribution in [-0.2, 0) is 9.84 Å². The molecule has 7 heteroatoms. The number of rotatable bonds is 4. The van der Waals surface area contributed by atoms with Crippen molar-refractivity contribution in [3.8, 4) is 6.07 Å². The van der Waals surface area contributed by atoms with E-state index in [4.69, 9.17) is 0 Å². The molecule has 0 radical (unpaired) electrons. The van der Waals surface area contributed by atoms with Crippen LogP contribution in [0.25, 0.3) is 0 Å². The number of H-pyrrole nitrogens is 1. The van der Waals surface area contributed by atoms with Gasteiger partial charge in [0.05, 0.1) is 17.2 Å². The third-order valence-corrected chi connectivity index (χ3v) is 5.23. The van der Waals surface area contributed by atoms with Gasteiger partial charge in [-0.25, -0.2) is 13.4 Å². The Kier molecular flexibility index (Phi) is 3.90. The van der Waals surface area contributed by atoms with Gasteiger partial charge in [0.15, 0.2) is 0 Å². The number of nitriles is 1. The highest BCUT2D eigenvalue weighted by molar-refractivity contribution is 7.91. The van der Waals surface area contributed by atoms with E-state index in [1.807, 2.05) is 0 Å². The van der Waals surface area contributed by atoms with Gasteiger partial charge < -0.3 is 0 Å². The molecule has 1 aromatic heterocycles. The lowest BCUT2D eigenvalue weighted by Gasteiger charge is -2.30. The lowest BCUT2D eigenvalue weighted by atomic mass is 9.73. The average Bonchev–Trinajstić information content (AvgIpc) is 2.85. The molecule has 0 aromatic carbocycles. The first-order valence-corrected chi connectivity index (χ1v) is 8.16. The summed E-state index contributed by atoms with van der Waals surface area (Å²) in [7, 11) is -3.49. The zero-order valence-electron chi connectivity index (χ0n) is 11.0. The minimum atomic E-state index is -3.49. The molecule has 1 heterocycles. The SMILES string of the molecule is Cc1nc(S(=O)(=O)CCC2(C#N)CCCCC2)n[nH]1. The molecular formula is C12H18N4O2S. The fourth-order valence-corrected chi connectivity index (χ4v) is 3.83. The van der Waals surface area contributed by atoms with Crippen molar-refractivity contribution >= 4 is 9.84 Å². The number of nitrogens with one attached hydrogen (secondary N) is 1. The number of aromatic amines is 1. The molecule has 0 unspecified atom stereocenters. The Hall–Kier alpha value is -1.42. The molecule has 6 nitrogen and oxygen atoms in total. The van der Waals surface area contributed by atoms with Crippen LogP contribution in [0, 0.1) is 23.7 Å². The molecule has 1 aliphatic rings. The minimum Gasteiger partial charge on any atom is -0.262 e. The Bertz CT molecular complexity index is 579. The highest BCUT2D eigenvalue weighted by Gasteiger charge is 2.34. The smallest absolute Gasteiger partial charge is 0.262 e. The van der Waals surface area contributed by atoms with Gasteiger partial charge in [-0.3, -0.25) is 5.10 Å². The minimum absolute atomic E-state index is 0.0577. The molecule has 1 fully saturated rings. The summed E-state index contributed by atoms with van der Waals surface area (Å²) in [5.74, 6) is 0.420. The molecule has 1 N–H and O–H groups in total. The predicted molar refractivity (Wildman–Crippen MR) is 68.9 cm³/mol. The van der Waals surface area contributed by atoms with Crippen molar-refractivity contribution in [2.75, 3.05) is 5.75 Å². The monoisotopic (exact) mass is 282 g/mol. The third kappa shape index (κ3) is 3.13. The number of aromatic nitrogens is 3. The average molecular weight is 282 g/mol. The molecule has 19 heavy (non-hydrogen) atoms. The topological polar surface area (TPSA) is 99.5 Å². The van der Waals surface area contributed by atoms with Gasteiger partial charge >= 0.3 is 0 Å². The Morgan fingerprint density at radius 3 is 2.58 bits per heavy atom. The summed E-state index contributed by atoms with van der Waals surface area (Å²) in [6, 6.07) is 2.33. The van der Waals surface area contributed by atoms with E-state index in [2.05, 4.69) is 21.3 Å².